The van der Waals surface area contributed by atoms with Crippen LogP contribution in [0.1, 0.15) is 18.4 Å². The Morgan fingerprint density at radius 3 is 2.41 bits per heavy atom. The van der Waals surface area contributed by atoms with Gasteiger partial charge in [-0.2, -0.15) is 0 Å². The van der Waals surface area contributed by atoms with Crippen molar-refractivity contribution in [2.24, 2.45) is 17.8 Å². The third-order valence-corrected chi connectivity index (χ3v) is 6.62. The highest BCUT2D eigenvalue weighted by atomic mass is 19.1. The quantitative estimate of drug-likeness (QED) is 0.611. The molecule has 4 nitrogen and oxygen atoms in total. The molecule has 1 saturated carbocycles. The summed E-state index contributed by atoms with van der Waals surface area (Å²) in [5.74, 6) is 1.14. The van der Waals surface area contributed by atoms with Crippen LogP contribution in [-0.4, -0.2) is 49.4 Å². The van der Waals surface area contributed by atoms with E-state index in [2.05, 4.69) is 14.1 Å². The summed E-state index contributed by atoms with van der Waals surface area (Å²) in [4.78, 5) is 12.5. The van der Waals surface area contributed by atoms with E-state index in [0.29, 0.717) is 41.1 Å². The van der Waals surface area contributed by atoms with Crippen LogP contribution in [-0.2, 0) is 16.0 Å². The van der Waals surface area contributed by atoms with Crippen LogP contribution in [0.5, 0.6) is 5.75 Å². The maximum Gasteiger partial charge on any atom is 0.310 e. The molecule has 1 N–H and O–H groups in total. The second-order valence-corrected chi connectivity index (χ2v) is 9.24. The van der Waals surface area contributed by atoms with Crippen LogP contribution in [0, 0.1) is 23.6 Å². The van der Waals surface area contributed by atoms with Gasteiger partial charge in [-0.05, 0) is 30.5 Å². The van der Waals surface area contributed by atoms with Gasteiger partial charge in [0.1, 0.15) is 11.6 Å². The van der Waals surface area contributed by atoms with Gasteiger partial charge in [0.2, 0.25) is 0 Å². The van der Waals surface area contributed by atoms with E-state index < -0.39 is 0 Å². The van der Waals surface area contributed by atoms with Crippen molar-refractivity contribution in [3.05, 3.63) is 53.8 Å². The lowest BCUT2D eigenvalue weighted by molar-refractivity contribution is -0.902. The van der Waals surface area contributed by atoms with Gasteiger partial charge in [-0.15, -0.1) is 0 Å². The summed E-state index contributed by atoms with van der Waals surface area (Å²) < 4.78 is 19.9. The molecule has 1 saturated heterocycles. The number of likely N-dealkylation sites (tertiary alicyclic amines) is 1. The normalized spacial score (nSPS) is 25.0. The van der Waals surface area contributed by atoms with E-state index in [1.54, 1.807) is 30.3 Å². The fraction of sp³-hybridized carbons (Fsp3) is 0.458. The maximum absolute atomic E-state index is 13.2. The predicted octanol–water partition coefficient (Wildman–Crippen LogP) is 4.02. The lowest BCUT2D eigenvalue weighted by Crippen LogP contribution is -2.52. The van der Waals surface area contributed by atoms with Gasteiger partial charge >= 0.3 is 5.97 Å². The second-order valence-electron chi connectivity index (χ2n) is 9.24. The van der Waals surface area contributed by atoms with Gasteiger partial charge in [-0.3, -0.25) is 4.79 Å². The molecule has 0 radical (unpaired) electrons. The molecule has 2 aliphatic rings. The summed E-state index contributed by atoms with van der Waals surface area (Å²) in [6, 6.07) is 11.2. The number of fused-ring (bicyclic) bond motifs is 2. The molecule has 154 valence electrons. The van der Waals surface area contributed by atoms with Gasteiger partial charge < -0.3 is 14.3 Å². The number of ether oxygens (including phenoxy) is 1. The topological polar surface area (TPSA) is 46.5 Å². The number of hydrogen-bond acceptors (Lipinski definition) is 3. The van der Waals surface area contributed by atoms with Gasteiger partial charge in [-0.1, -0.05) is 30.3 Å². The van der Waals surface area contributed by atoms with Crippen molar-refractivity contribution in [2.45, 2.75) is 19.3 Å². The molecule has 5 heteroatoms. The number of esters is 1. The number of phenols is 1. The van der Waals surface area contributed by atoms with Crippen molar-refractivity contribution >= 4 is 5.97 Å². The highest BCUT2D eigenvalue weighted by Gasteiger charge is 2.47. The number of aromatic hydroxyl groups is 1. The molecule has 4 rings (SSSR count). The molecule has 2 aromatic carbocycles. The van der Waals surface area contributed by atoms with Gasteiger partial charge in [0.15, 0.2) is 0 Å². The Morgan fingerprint density at radius 1 is 1.10 bits per heavy atom. The number of benzene rings is 2. The first-order chi connectivity index (χ1) is 13.8. The van der Waals surface area contributed by atoms with E-state index >= 15 is 0 Å². The van der Waals surface area contributed by atoms with Crippen LogP contribution in [0.4, 0.5) is 4.39 Å². The van der Waals surface area contributed by atoms with Crippen LogP contribution in [0.2, 0.25) is 0 Å². The Labute approximate surface area is 171 Å². The maximum atomic E-state index is 13.2. The van der Waals surface area contributed by atoms with Crippen LogP contribution in [0.15, 0.2) is 42.5 Å². The summed E-state index contributed by atoms with van der Waals surface area (Å²) in [5.41, 5.74) is 1.82. The molecule has 0 spiro atoms. The number of rotatable bonds is 5. The minimum absolute atomic E-state index is 0.0322. The predicted molar refractivity (Wildman–Crippen MR) is 110 cm³/mol. The van der Waals surface area contributed by atoms with E-state index in [9.17, 15) is 14.3 Å². The highest BCUT2D eigenvalue weighted by Crippen LogP contribution is 2.43. The molecular formula is C24H29FNO3+. The van der Waals surface area contributed by atoms with Crippen molar-refractivity contribution < 1.29 is 23.5 Å². The zero-order valence-corrected chi connectivity index (χ0v) is 17.1. The average molecular weight is 398 g/mol. The zero-order chi connectivity index (χ0) is 20.6. The Hall–Kier alpha value is -2.40. The number of piperidine rings is 1. The lowest BCUT2D eigenvalue weighted by Gasteiger charge is -2.41. The van der Waals surface area contributed by atoms with Crippen LogP contribution >= 0.6 is 0 Å². The van der Waals surface area contributed by atoms with Crippen LogP contribution in [0.25, 0.3) is 11.1 Å². The van der Waals surface area contributed by atoms with Gasteiger partial charge in [0.05, 0.1) is 40.2 Å². The highest BCUT2D eigenvalue weighted by molar-refractivity contribution is 5.77. The van der Waals surface area contributed by atoms with Crippen LogP contribution < -0.4 is 0 Å². The molecule has 2 aromatic rings. The van der Waals surface area contributed by atoms with E-state index in [4.69, 9.17) is 4.74 Å². The molecule has 2 fully saturated rings. The van der Waals surface area contributed by atoms with E-state index in [1.807, 2.05) is 0 Å². The fourth-order valence-electron chi connectivity index (χ4n) is 5.30. The van der Waals surface area contributed by atoms with E-state index in [0.717, 1.165) is 17.6 Å². The molecule has 1 aliphatic heterocycles. The number of carbonyl (C=O) groups excluding carboxylic acids is 1. The Balaban J connectivity index is 1.39. The molecule has 2 bridgehead atoms. The largest absolute Gasteiger partial charge is 0.507 e. The third-order valence-electron chi connectivity index (χ3n) is 6.62. The molecule has 0 amide bonds. The van der Waals surface area contributed by atoms with Crippen molar-refractivity contribution in [3.63, 3.8) is 0 Å². The Kier molecular flexibility index (Phi) is 5.34. The first-order valence-electron chi connectivity index (χ1n) is 10.4. The molecule has 1 aliphatic carbocycles. The number of phenolic OH excluding ortho intramolecular Hbond substituents is 1. The summed E-state index contributed by atoms with van der Waals surface area (Å²) >= 11 is 0. The van der Waals surface area contributed by atoms with E-state index in [1.165, 1.54) is 25.0 Å². The summed E-state index contributed by atoms with van der Waals surface area (Å²) in [6.07, 6.45) is 2.49. The number of quaternary nitrogens is 1. The van der Waals surface area contributed by atoms with Gasteiger partial charge in [0, 0.05) is 28.9 Å². The number of hydrogen-bond donors (Lipinski definition) is 1. The lowest BCUT2D eigenvalue weighted by atomic mass is 9.85. The average Bonchev–Trinajstić information content (AvgIpc) is 2.93. The molecule has 2 unspecified atom stereocenters. The van der Waals surface area contributed by atoms with Crippen LogP contribution in [0.3, 0.4) is 0 Å². The molecule has 29 heavy (non-hydrogen) atoms. The molecule has 1 heterocycles. The first kappa shape index (κ1) is 19.9. The molecular weight excluding hydrogens is 369 g/mol. The SMILES string of the molecule is C[N+]1(C)CC2CCC(C1)C2COC(=O)Cc1cccc(-c2ccc(F)cc2)c1O. The number of halogens is 1. The number of carbonyl (C=O) groups is 1. The minimum Gasteiger partial charge on any atom is -0.507 e. The monoisotopic (exact) mass is 398 g/mol. The Bertz CT molecular complexity index is 877. The fourth-order valence-corrected chi connectivity index (χ4v) is 5.30. The molecule has 2 atom stereocenters. The minimum atomic E-state index is -0.327. The summed E-state index contributed by atoms with van der Waals surface area (Å²) in [7, 11) is 4.56. The van der Waals surface area contributed by atoms with Crippen molar-refractivity contribution in [3.8, 4) is 16.9 Å². The Morgan fingerprint density at radius 2 is 1.76 bits per heavy atom. The molecule has 0 aromatic heterocycles. The van der Waals surface area contributed by atoms with Gasteiger partial charge in [0.25, 0.3) is 0 Å². The zero-order valence-electron chi connectivity index (χ0n) is 17.1. The third kappa shape index (κ3) is 4.30. The van der Waals surface area contributed by atoms with Gasteiger partial charge in [-0.25, -0.2) is 4.39 Å². The standard InChI is InChI=1S/C24H28FNO3/c1-26(2)13-18-6-7-19(14-26)22(18)15-29-23(27)12-17-4-3-5-21(24(17)28)16-8-10-20(25)11-9-16/h3-5,8-11,18-19,22H,6-7,12-15H2,1-2H3/p+1. The van der Waals surface area contributed by atoms with E-state index in [-0.39, 0.29) is 24.0 Å². The van der Waals surface area contributed by atoms with Crippen molar-refractivity contribution in [1.82, 2.24) is 0 Å². The van der Waals surface area contributed by atoms with Crippen molar-refractivity contribution in [2.75, 3.05) is 33.8 Å². The van der Waals surface area contributed by atoms with Crippen molar-refractivity contribution in [1.29, 1.82) is 0 Å². The second kappa shape index (κ2) is 7.79. The number of nitrogens with zero attached hydrogens (tertiary/aromatic N) is 1. The smallest absolute Gasteiger partial charge is 0.310 e. The summed E-state index contributed by atoms with van der Waals surface area (Å²) in [6.45, 7) is 2.78. The summed E-state index contributed by atoms with van der Waals surface area (Å²) in [5, 5.41) is 10.6. The first-order valence-corrected chi connectivity index (χ1v) is 10.4. The number of para-hydroxylation sites is 1.